The Balaban J connectivity index is 1.46. The van der Waals surface area contributed by atoms with Crippen LogP contribution in [0, 0.1) is 5.41 Å². The number of rotatable bonds is 5. The zero-order chi connectivity index (χ0) is 14.7. The van der Waals surface area contributed by atoms with Crippen molar-refractivity contribution in [1.29, 1.82) is 0 Å². The van der Waals surface area contributed by atoms with E-state index in [0.717, 1.165) is 19.0 Å². The van der Waals surface area contributed by atoms with Gasteiger partial charge in [0.15, 0.2) is 5.96 Å². The van der Waals surface area contributed by atoms with Crippen molar-refractivity contribution in [1.82, 2.24) is 10.6 Å². The number of benzene rings is 1. The van der Waals surface area contributed by atoms with Gasteiger partial charge < -0.3 is 10.6 Å². The molecule has 1 atom stereocenters. The third-order valence-electron chi connectivity index (χ3n) is 5.50. The Bertz CT molecular complexity index is 511. The highest BCUT2D eigenvalue weighted by Crippen LogP contribution is 2.43. The molecule has 0 saturated heterocycles. The van der Waals surface area contributed by atoms with Crippen LogP contribution in [0.15, 0.2) is 29.3 Å². The van der Waals surface area contributed by atoms with E-state index in [4.69, 9.17) is 0 Å². The van der Waals surface area contributed by atoms with Crippen LogP contribution < -0.4 is 10.6 Å². The van der Waals surface area contributed by atoms with Gasteiger partial charge in [0, 0.05) is 26.1 Å². The van der Waals surface area contributed by atoms with Crippen molar-refractivity contribution < 1.29 is 0 Å². The number of fused-ring (bicyclic) bond motifs is 1. The van der Waals surface area contributed by atoms with Gasteiger partial charge in [0.2, 0.25) is 0 Å². The third kappa shape index (κ3) is 2.92. The molecule has 0 amide bonds. The van der Waals surface area contributed by atoms with Crippen molar-refractivity contribution in [2.75, 3.05) is 20.1 Å². The van der Waals surface area contributed by atoms with E-state index >= 15 is 0 Å². The fraction of sp³-hybridized carbons (Fsp3) is 0.611. The summed E-state index contributed by atoms with van der Waals surface area (Å²) in [5.74, 6) is 1.60. The molecule has 1 aromatic rings. The first-order valence-corrected chi connectivity index (χ1v) is 8.29. The fourth-order valence-electron chi connectivity index (χ4n) is 3.59. The van der Waals surface area contributed by atoms with E-state index in [-0.39, 0.29) is 0 Å². The molecule has 3 nitrogen and oxygen atoms in total. The van der Waals surface area contributed by atoms with Crippen LogP contribution in [0.5, 0.6) is 0 Å². The van der Waals surface area contributed by atoms with Crippen LogP contribution in [0.3, 0.4) is 0 Å². The molecule has 2 aliphatic rings. The Labute approximate surface area is 128 Å². The molecule has 2 aliphatic carbocycles. The summed E-state index contributed by atoms with van der Waals surface area (Å²) in [4.78, 5) is 4.36. The van der Waals surface area contributed by atoms with Gasteiger partial charge in [0.05, 0.1) is 0 Å². The minimum absolute atomic E-state index is 0.528. The van der Waals surface area contributed by atoms with Gasteiger partial charge >= 0.3 is 0 Å². The number of hydrogen-bond donors (Lipinski definition) is 2. The maximum Gasteiger partial charge on any atom is 0.191 e. The highest BCUT2D eigenvalue weighted by molar-refractivity contribution is 5.79. The van der Waals surface area contributed by atoms with E-state index in [1.54, 1.807) is 0 Å². The fourth-order valence-corrected chi connectivity index (χ4v) is 3.59. The number of nitrogens with one attached hydrogen (secondary N) is 2. The molecule has 0 radical (unpaired) electrons. The Morgan fingerprint density at radius 2 is 2.10 bits per heavy atom. The summed E-state index contributed by atoms with van der Waals surface area (Å²) >= 11 is 0. The summed E-state index contributed by atoms with van der Waals surface area (Å²) in [5.41, 5.74) is 3.54. The van der Waals surface area contributed by atoms with E-state index in [0.29, 0.717) is 11.3 Å². The average molecular weight is 285 g/mol. The summed E-state index contributed by atoms with van der Waals surface area (Å²) in [6.45, 7) is 4.35. The van der Waals surface area contributed by atoms with Crippen LogP contribution in [0.1, 0.15) is 49.7 Å². The Kier molecular flexibility index (Phi) is 4.18. The van der Waals surface area contributed by atoms with Gasteiger partial charge in [-0.25, -0.2) is 0 Å². The second kappa shape index (κ2) is 6.08. The molecule has 114 valence electrons. The zero-order valence-electron chi connectivity index (χ0n) is 13.3. The van der Waals surface area contributed by atoms with Gasteiger partial charge in [-0.2, -0.15) is 0 Å². The molecule has 1 saturated carbocycles. The number of nitrogens with zero attached hydrogens (tertiary/aromatic N) is 1. The molecule has 1 aromatic carbocycles. The predicted octanol–water partition coefficient (Wildman–Crippen LogP) is 3.07. The third-order valence-corrected chi connectivity index (χ3v) is 5.50. The van der Waals surface area contributed by atoms with E-state index < -0.39 is 0 Å². The van der Waals surface area contributed by atoms with Gasteiger partial charge in [-0.05, 0) is 42.2 Å². The number of guanidine groups is 1. The zero-order valence-corrected chi connectivity index (χ0v) is 13.3. The Morgan fingerprint density at radius 3 is 2.71 bits per heavy atom. The summed E-state index contributed by atoms with van der Waals surface area (Å²) in [6.07, 6.45) is 6.58. The van der Waals surface area contributed by atoms with Gasteiger partial charge in [-0.1, -0.05) is 37.6 Å². The summed E-state index contributed by atoms with van der Waals surface area (Å²) < 4.78 is 0. The first-order chi connectivity index (χ1) is 10.3. The normalized spacial score (nSPS) is 22.8. The molecular weight excluding hydrogens is 258 g/mol. The molecule has 1 fully saturated rings. The van der Waals surface area contributed by atoms with E-state index in [1.165, 1.54) is 43.2 Å². The average Bonchev–Trinajstić information content (AvgIpc) is 2.45. The van der Waals surface area contributed by atoms with Gasteiger partial charge in [0.25, 0.3) is 0 Å². The van der Waals surface area contributed by atoms with Gasteiger partial charge in [0.1, 0.15) is 0 Å². The molecule has 0 spiro atoms. The Morgan fingerprint density at radius 1 is 1.29 bits per heavy atom. The molecule has 3 heteroatoms. The van der Waals surface area contributed by atoms with Crippen LogP contribution in [0.25, 0.3) is 0 Å². The summed E-state index contributed by atoms with van der Waals surface area (Å²) in [6, 6.07) is 8.76. The van der Waals surface area contributed by atoms with Crippen molar-refractivity contribution in [3.63, 3.8) is 0 Å². The summed E-state index contributed by atoms with van der Waals surface area (Å²) in [7, 11) is 1.86. The minimum atomic E-state index is 0.528. The molecule has 1 unspecified atom stereocenters. The number of aliphatic imine (C=N–C) groups is 1. The van der Waals surface area contributed by atoms with Crippen LogP contribution in [0.2, 0.25) is 0 Å². The SMILES string of the molecule is CCC1(CNC(=NC)NCC2Cc3ccccc32)CCC1. The highest BCUT2D eigenvalue weighted by atomic mass is 15.2. The second-order valence-corrected chi connectivity index (χ2v) is 6.61. The van der Waals surface area contributed by atoms with Gasteiger partial charge in [-0.3, -0.25) is 4.99 Å². The van der Waals surface area contributed by atoms with E-state index in [1.807, 2.05) is 7.05 Å². The summed E-state index contributed by atoms with van der Waals surface area (Å²) in [5, 5.41) is 7.03. The first kappa shape index (κ1) is 14.4. The lowest BCUT2D eigenvalue weighted by Crippen LogP contribution is -2.47. The first-order valence-electron chi connectivity index (χ1n) is 8.29. The smallest absolute Gasteiger partial charge is 0.191 e. The van der Waals surface area contributed by atoms with Crippen molar-refractivity contribution in [2.45, 2.75) is 44.9 Å². The topological polar surface area (TPSA) is 36.4 Å². The lowest BCUT2D eigenvalue weighted by atomic mass is 9.67. The van der Waals surface area contributed by atoms with E-state index in [9.17, 15) is 0 Å². The molecule has 2 N–H and O–H groups in total. The molecule has 0 aliphatic heterocycles. The maximum absolute atomic E-state index is 4.36. The predicted molar refractivity (Wildman–Crippen MR) is 88.8 cm³/mol. The van der Waals surface area contributed by atoms with Crippen molar-refractivity contribution in [3.05, 3.63) is 35.4 Å². The van der Waals surface area contributed by atoms with Crippen molar-refractivity contribution in [3.8, 4) is 0 Å². The lowest BCUT2D eigenvalue weighted by Gasteiger charge is -2.41. The Hall–Kier alpha value is -1.51. The quantitative estimate of drug-likeness (QED) is 0.644. The monoisotopic (exact) mass is 285 g/mol. The number of hydrogen-bond acceptors (Lipinski definition) is 1. The molecule has 3 rings (SSSR count). The standard InChI is InChI=1S/C18H27N3/c1-3-18(9-6-10-18)13-21-17(19-2)20-12-15-11-14-7-4-5-8-16(14)15/h4-5,7-8,15H,3,6,9-13H2,1-2H3,(H2,19,20,21). The van der Waals surface area contributed by atoms with Crippen LogP contribution >= 0.6 is 0 Å². The van der Waals surface area contributed by atoms with Crippen LogP contribution in [0.4, 0.5) is 0 Å². The molecule has 0 aromatic heterocycles. The second-order valence-electron chi connectivity index (χ2n) is 6.61. The maximum atomic E-state index is 4.36. The molecule has 0 heterocycles. The molecular formula is C18H27N3. The van der Waals surface area contributed by atoms with E-state index in [2.05, 4.69) is 46.8 Å². The van der Waals surface area contributed by atoms with Crippen LogP contribution in [-0.2, 0) is 6.42 Å². The highest BCUT2D eigenvalue weighted by Gasteiger charge is 2.35. The molecule has 21 heavy (non-hydrogen) atoms. The van der Waals surface area contributed by atoms with Crippen LogP contribution in [-0.4, -0.2) is 26.1 Å². The molecule has 0 bridgehead atoms. The van der Waals surface area contributed by atoms with Crippen molar-refractivity contribution in [2.24, 2.45) is 10.4 Å². The largest absolute Gasteiger partial charge is 0.356 e. The van der Waals surface area contributed by atoms with Gasteiger partial charge in [-0.15, -0.1) is 0 Å². The minimum Gasteiger partial charge on any atom is -0.356 e. The van der Waals surface area contributed by atoms with Crippen molar-refractivity contribution >= 4 is 5.96 Å². The lowest BCUT2D eigenvalue weighted by molar-refractivity contribution is 0.131.